The zero-order valence-electron chi connectivity index (χ0n) is 15.9. The van der Waals surface area contributed by atoms with Crippen molar-refractivity contribution < 1.29 is 23.9 Å². The van der Waals surface area contributed by atoms with Gasteiger partial charge in [-0.3, -0.25) is 4.79 Å². The van der Waals surface area contributed by atoms with Crippen molar-refractivity contribution in [2.45, 2.75) is 64.5 Å². The Morgan fingerprint density at radius 3 is 1.96 bits per heavy atom. The van der Waals surface area contributed by atoms with E-state index in [1.54, 1.807) is 0 Å². The van der Waals surface area contributed by atoms with E-state index in [1.165, 1.54) is 12.2 Å². The molecule has 0 aliphatic rings. The lowest BCUT2D eigenvalue weighted by Crippen LogP contribution is -2.51. The molecule has 2 amide bonds. The van der Waals surface area contributed by atoms with Crippen molar-refractivity contribution in [3.63, 3.8) is 0 Å². The molecule has 7 nitrogen and oxygen atoms in total. The highest BCUT2D eigenvalue weighted by Gasteiger charge is 2.26. The molecule has 0 aliphatic carbocycles. The van der Waals surface area contributed by atoms with Crippen LogP contribution in [-0.4, -0.2) is 43.3 Å². The maximum absolute atomic E-state index is 12.4. The molecule has 0 aromatic carbocycles. The van der Waals surface area contributed by atoms with Crippen LogP contribution in [0.5, 0.6) is 0 Å². The first-order chi connectivity index (χ1) is 12.5. The van der Waals surface area contributed by atoms with Gasteiger partial charge in [-0.05, 0) is 25.7 Å². The largest absolute Gasteiger partial charge is 0.464 e. The Labute approximate surface area is 156 Å². The molecule has 148 valence electrons. The van der Waals surface area contributed by atoms with Gasteiger partial charge in [-0.2, -0.15) is 0 Å². The molecule has 0 aromatic heterocycles. The highest BCUT2D eigenvalue weighted by Crippen LogP contribution is 2.02. The number of hydrogen-bond donors (Lipinski definition) is 2. The average molecular weight is 368 g/mol. The second-order valence-electron chi connectivity index (χ2n) is 5.82. The van der Waals surface area contributed by atoms with E-state index in [9.17, 15) is 14.4 Å². The first-order valence-electron chi connectivity index (χ1n) is 9.12. The van der Waals surface area contributed by atoms with Crippen molar-refractivity contribution >= 4 is 18.0 Å². The first kappa shape index (κ1) is 23.7. The number of esters is 1. The van der Waals surface area contributed by atoms with Gasteiger partial charge in [0, 0.05) is 0 Å². The van der Waals surface area contributed by atoms with E-state index in [2.05, 4.69) is 23.8 Å². The fourth-order valence-corrected chi connectivity index (χ4v) is 1.96. The molecule has 2 unspecified atom stereocenters. The molecule has 2 atom stereocenters. The number of carbonyl (C=O) groups is 3. The summed E-state index contributed by atoms with van der Waals surface area (Å²) < 4.78 is 10.2. The van der Waals surface area contributed by atoms with Crippen LogP contribution in [0.2, 0.25) is 0 Å². The molecule has 0 aliphatic heterocycles. The molecule has 0 saturated heterocycles. The Morgan fingerprint density at radius 2 is 1.42 bits per heavy atom. The second kappa shape index (κ2) is 15.0. The van der Waals surface area contributed by atoms with E-state index >= 15 is 0 Å². The predicted molar refractivity (Wildman–Crippen MR) is 101 cm³/mol. The Hall–Kier alpha value is -2.31. The number of hydrogen-bond acceptors (Lipinski definition) is 5. The van der Waals surface area contributed by atoms with Crippen LogP contribution in [0.25, 0.3) is 0 Å². The molecule has 0 bridgehead atoms. The van der Waals surface area contributed by atoms with Crippen molar-refractivity contribution in [3.8, 4) is 0 Å². The number of amides is 2. The van der Waals surface area contributed by atoms with Crippen molar-refractivity contribution in [1.82, 2.24) is 10.6 Å². The van der Waals surface area contributed by atoms with Crippen LogP contribution in [-0.2, 0) is 19.1 Å². The summed E-state index contributed by atoms with van der Waals surface area (Å²) in [7, 11) is 0. The topological polar surface area (TPSA) is 93.7 Å². The van der Waals surface area contributed by atoms with Crippen molar-refractivity contribution in [2.75, 3.05) is 13.2 Å². The molecule has 0 fully saturated rings. The smallest absolute Gasteiger partial charge is 0.407 e. The Bertz CT molecular complexity index is 465. The van der Waals surface area contributed by atoms with Crippen LogP contribution in [0.15, 0.2) is 25.3 Å². The molecular formula is C19H32N2O5. The van der Waals surface area contributed by atoms with Crippen LogP contribution in [0.1, 0.15) is 52.4 Å². The molecule has 0 aromatic rings. The van der Waals surface area contributed by atoms with Gasteiger partial charge < -0.3 is 20.1 Å². The lowest BCUT2D eigenvalue weighted by molar-refractivity contribution is -0.148. The molecule has 2 N–H and O–H groups in total. The van der Waals surface area contributed by atoms with E-state index < -0.39 is 30.1 Å². The lowest BCUT2D eigenvalue weighted by Gasteiger charge is -2.21. The first-order valence-corrected chi connectivity index (χ1v) is 9.12. The van der Waals surface area contributed by atoms with Gasteiger partial charge in [0.05, 0.1) is 13.2 Å². The molecule has 0 rings (SSSR count). The van der Waals surface area contributed by atoms with Crippen LogP contribution in [0.4, 0.5) is 4.79 Å². The number of carbonyl (C=O) groups excluding carboxylic acids is 3. The van der Waals surface area contributed by atoms with E-state index in [4.69, 9.17) is 9.47 Å². The third kappa shape index (κ3) is 10.5. The summed E-state index contributed by atoms with van der Waals surface area (Å²) in [6.07, 6.45) is 6.11. The molecule has 0 spiro atoms. The fraction of sp³-hybridized carbons (Fsp3) is 0.632. The average Bonchev–Trinajstić information content (AvgIpc) is 2.61. The van der Waals surface area contributed by atoms with E-state index in [0.29, 0.717) is 6.61 Å². The van der Waals surface area contributed by atoms with Gasteiger partial charge in [0.15, 0.2) is 0 Å². The number of ether oxygens (including phenoxy) is 2. The minimum absolute atomic E-state index is 0.209. The molecule has 0 heterocycles. The molecule has 0 radical (unpaired) electrons. The maximum Gasteiger partial charge on any atom is 0.407 e. The number of rotatable bonds is 14. The van der Waals surface area contributed by atoms with Gasteiger partial charge in [-0.1, -0.05) is 38.8 Å². The van der Waals surface area contributed by atoms with Gasteiger partial charge in [0.1, 0.15) is 12.1 Å². The summed E-state index contributed by atoms with van der Waals surface area (Å²) in [5, 5.41) is 5.09. The van der Waals surface area contributed by atoms with E-state index in [-0.39, 0.29) is 19.4 Å². The standard InChI is InChI=1S/C19H32N2O5/c1-5-9-13-25-18(23)16(12-8-4)20-17(22)15(11-7-3)21-19(24)26-14-10-6-2/h7-8,15-16H,3-6,9-14H2,1-2H3,(H,20,22)(H,21,24). The monoisotopic (exact) mass is 368 g/mol. The lowest BCUT2D eigenvalue weighted by atomic mass is 10.1. The predicted octanol–water partition coefficient (Wildman–Crippen LogP) is 2.86. The Morgan fingerprint density at radius 1 is 0.885 bits per heavy atom. The zero-order chi connectivity index (χ0) is 19.8. The van der Waals surface area contributed by atoms with Gasteiger partial charge in [-0.15, -0.1) is 13.2 Å². The summed E-state index contributed by atoms with van der Waals surface area (Å²) in [5.41, 5.74) is 0. The maximum atomic E-state index is 12.4. The summed E-state index contributed by atoms with van der Waals surface area (Å²) in [4.78, 5) is 36.3. The third-order valence-electron chi connectivity index (χ3n) is 3.49. The van der Waals surface area contributed by atoms with Gasteiger partial charge in [0.25, 0.3) is 0 Å². The van der Waals surface area contributed by atoms with E-state index in [1.807, 2.05) is 13.8 Å². The van der Waals surface area contributed by atoms with Crippen molar-refractivity contribution in [3.05, 3.63) is 25.3 Å². The zero-order valence-corrected chi connectivity index (χ0v) is 15.9. The van der Waals surface area contributed by atoms with Crippen molar-refractivity contribution in [1.29, 1.82) is 0 Å². The van der Waals surface area contributed by atoms with E-state index in [0.717, 1.165) is 25.7 Å². The second-order valence-corrected chi connectivity index (χ2v) is 5.82. The highest BCUT2D eigenvalue weighted by atomic mass is 16.5. The Kier molecular flexibility index (Phi) is 13.7. The molecule has 0 saturated carbocycles. The number of nitrogens with one attached hydrogen (secondary N) is 2. The fourth-order valence-electron chi connectivity index (χ4n) is 1.96. The van der Waals surface area contributed by atoms with Crippen LogP contribution < -0.4 is 10.6 Å². The highest BCUT2D eigenvalue weighted by molar-refractivity contribution is 5.89. The number of alkyl carbamates (subject to hydrolysis) is 1. The third-order valence-corrected chi connectivity index (χ3v) is 3.49. The minimum Gasteiger partial charge on any atom is -0.464 e. The number of unbranched alkanes of at least 4 members (excludes halogenated alkanes) is 2. The Balaban J connectivity index is 4.74. The summed E-state index contributed by atoms with van der Waals surface area (Å²) in [6.45, 7) is 11.7. The molecular weight excluding hydrogens is 336 g/mol. The summed E-state index contributed by atoms with van der Waals surface area (Å²) in [5.74, 6) is -1.02. The quantitative estimate of drug-likeness (QED) is 0.279. The molecule has 26 heavy (non-hydrogen) atoms. The normalized spacial score (nSPS) is 12.4. The molecule has 7 heteroatoms. The SMILES string of the molecule is C=CCC(NC(=O)OCCCC)C(=O)NC(CC=C)C(=O)OCCCC. The van der Waals surface area contributed by atoms with Crippen molar-refractivity contribution in [2.24, 2.45) is 0 Å². The van der Waals surface area contributed by atoms with Crippen LogP contribution in [0.3, 0.4) is 0 Å². The van der Waals surface area contributed by atoms with Crippen LogP contribution in [0, 0.1) is 0 Å². The summed E-state index contributed by atoms with van der Waals surface area (Å²) >= 11 is 0. The van der Waals surface area contributed by atoms with Gasteiger partial charge in [-0.25, -0.2) is 9.59 Å². The van der Waals surface area contributed by atoms with Crippen LogP contribution >= 0.6 is 0 Å². The minimum atomic E-state index is -0.877. The summed E-state index contributed by atoms with van der Waals surface area (Å²) in [6, 6.07) is -1.72. The van der Waals surface area contributed by atoms with Gasteiger partial charge in [0.2, 0.25) is 5.91 Å². The van der Waals surface area contributed by atoms with Gasteiger partial charge >= 0.3 is 12.1 Å².